The van der Waals surface area contributed by atoms with Gasteiger partial charge in [-0.1, -0.05) is 0 Å². The van der Waals surface area contributed by atoms with Gasteiger partial charge in [-0.3, -0.25) is 0 Å². The lowest BCUT2D eigenvalue weighted by Crippen LogP contribution is -2.23. The summed E-state index contributed by atoms with van der Waals surface area (Å²) in [6.45, 7) is -0.447. The Morgan fingerprint density at radius 3 is 2.47 bits per heavy atom. The fourth-order valence-electron chi connectivity index (χ4n) is 1.16. The average Bonchev–Trinajstić information content (AvgIpc) is 2.24. The van der Waals surface area contributed by atoms with E-state index in [4.69, 9.17) is 10.2 Å². The van der Waals surface area contributed by atoms with Crippen LogP contribution in [0.3, 0.4) is 0 Å². The van der Waals surface area contributed by atoms with Crippen molar-refractivity contribution in [3.63, 3.8) is 0 Å². The predicted octanol–water partition coefficient (Wildman–Crippen LogP) is 2.08. The third kappa shape index (κ3) is 4.68. The van der Waals surface area contributed by atoms with Gasteiger partial charge in [-0.25, -0.2) is 0 Å². The number of aliphatic hydroxyl groups is 2. The summed E-state index contributed by atoms with van der Waals surface area (Å²) in [5.41, 5.74) is -0.484. The van der Waals surface area contributed by atoms with Crippen molar-refractivity contribution in [2.24, 2.45) is 0 Å². The molecule has 7 heteroatoms. The number of hydrogen-bond acceptors (Lipinski definition) is 3. The molecule has 17 heavy (non-hydrogen) atoms. The van der Waals surface area contributed by atoms with E-state index in [9.17, 15) is 13.2 Å². The second-order valence-electron chi connectivity index (χ2n) is 3.44. The van der Waals surface area contributed by atoms with E-state index in [2.05, 4.69) is 5.32 Å². The second kappa shape index (κ2) is 5.87. The van der Waals surface area contributed by atoms with Gasteiger partial charge in [0.2, 0.25) is 0 Å². The van der Waals surface area contributed by atoms with E-state index < -0.39 is 24.5 Å². The quantitative estimate of drug-likeness (QED) is 0.720. The first-order valence-corrected chi connectivity index (χ1v) is 5.81. The molecule has 0 fully saturated rings. The highest BCUT2D eigenvalue weighted by Crippen LogP contribution is 2.32. The van der Waals surface area contributed by atoms with Crippen molar-refractivity contribution >= 4 is 28.3 Å². The minimum Gasteiger partial charge on any atom is -0.394 e. The summed E-state index contributed by atoms with van der Waals surface area (Å²) < 4.78 is 37.9. The van der Waals surface area contributed by atoms with Crippen LogP contribution in [0.2, 0.25) is 0 Å². The molecule has 3 N–H and O–H groups in total. The van der Waals surface area contributed by atoms with Crippen LogP contribution >= 0.6 is 22.6 Å². The first kappa shape index (κ1) is 14.5. The number of benzene rings is 1. The second-order valence-corrected chi connectivity index (χ2v) is 4.69. The molecule has 0 saturated carbocycles. The molecule has 1 aromatic carbocycles. The molecule has 96 valence electrons. The molecule has 1 aromatic rings. The Bertz CT molecular complexity index is 384. The van der Waals surface area contributed by atoms with E-state index in [1.54, 1.807) is 22.6 Å². The summed E-state index contributed by atoms with van der Waals surface area (Å²) in [4.78, 5) is 0. The summed E-state index contributed by atoms with van der Waals surface area (Å²) in [6.07, 6.45) is -5.39. The van der Waals surface area contributed by atoms with E-state index in [1.807, 2.05) is 0 Å². The number of anilines is 1. The molecule has 0 aliphatic rings. The Kier molecular flexibility index (Phi) is 5.02. The molecule has 1 atom stereocenters. The third-order valence-corrected chi connectivity index (χ3v) is 2.60. The molecule has 0 saturated heterocycles. The molecule has 0 spiro atoms. The van der Waals surface area contributed by atoms with Crippen LogP contribution in [0, 0.1) is 3.57 Å². The maximum absolute atomic E-state index is 12.5. The van der Waals surface area contributed by atoms with E-state index in [1.165, 1.54) is 6.07 Å². The molecule has 1 rings (SSSR count). The van der Waals surface area contributed by atoms with Gasteiger partial charge in [0.05, 0.1) is 18.3 Å². The normalized spacial score (nSPS) is 13.5. The monoisotopic (exact) mass is 361 g/mol. The van der Waals surface area contributed by atoms with Crippen LogP contribution in [0.15, 0.2) is 18.2 Å². The van der Waals surface area contributed by atoms with Gasteiger partial charge in [-0.15, -0.1) is 0 Å². The lowest BCUT2D eigenvalue weighted by Gasteiger charge is -2.13. The maximum Gasteiger partial charge on any atom is 0.416 e. The maximum atomic E-state index is 12.5. The first-order valence-electron chi connectivity index (χ1n) is 4.73. The van der Waals surface area contributed by atoms with Gasteiger partial charge in [-0.2, -0.15) is 13.2 Å². The molecule has 0 aromatic heterocycles. The van der Waals surface area contributed by atoms with Crippen LogP contribution in [0.1, 0.15) is 5.56 Å². The number of nitrogens with one attached hydrogen (secondary N) is 1. The minimum atomic E-state index is -4.40. The molecule has 0 radical (unpaired) electrons. The molecule has 0 heterocycles. The first-order chi connectivity index (χ1) is 7.82. The SMILES string of the molecule is OCC(O)CNc1cc(I)cc(C(F)(F)F)c1. The van der Waals surface area contributed by atoms with Gasteiger partial charge in [-0.05, 0) is 40.8 Å². The third-order valence-electron chi connectivity index (χ3n) is 1.98. The predicted molar refractivity (Wildman–Crippen MR) is 65.7 cm³/mol. The fourth-order valence-corrected chi connectivity index (χ4v) is 1.83. The molecule has 0 amide bonds. The zero-order valence-electron chi connectivity index (χ0n) is 8.63. The van der Waals surface area contributed by atoms with Crippen molar-refractivity contribution in [3.05, 3.63) is 27.3 Å². The smallest absolute Gasteiger partial charge is 0.394 e. The van der Waals surface area contributed by atoms with Gasteiger partial charge in [0.25, 0.3) is 0 Å². The van der Waals surface area contributed by atoms with E-state index >= 15 is 0 Å². The average molecular weight is 361 g/mol. The Hall–Kier alpha value is -0.540. The Balaban J connectivity index is 2.83. The molecular weight excluding hydrogens is 350 g/mol. The molecule has 0 aliphatic carbocycles. The van der Waals surface area contributed by atoms with Gasteiger partial charge < -0.3 is 15.5 Å². The number of halogens is 4. The van der Waals surface area contributed by atoms with Crippen molar-refractivity contribution in [2.45, 2.75) is 12.3 Å². The Labute approximate surface area is 110 Å². The lowest BCUT2D eigenvalue weighted by atomic mass is 10.2. The number of rotatable bonds is 4. The summed E-state index contributed by atoms with van der Waals surface area (Å²) in [5.74, 6) is 0. The van der Waals surface area contributed by atoms with Gasteiger partial charge in [0, 0.05) is 15.8 Å². The Morgan fingerprint density at radius 2 is 1.94 bits per heavy atom. The summed E-state index contributed by atoms with van der Waals surface area (Å²) >= 11 is 1.79. The molecule has 0 bridgehead atoms. The van der Waals surface area contributed by atoms with Gasteiger partial charge in [0.15, 0.2) is 0 Å². The van der Waals surface area contributed by atoms with Crippen molar-refractivity contribution < 1.29 is 23.4 Å². The number of alkyl halides is 3. The van der Waals surface area contributed by atoms with Gasteiger partial charge in [0.1, 0.15) is 0 Å². The minimum absolute atomic E-state index is 0.00606. The largest absolute Gasteiger partial charge is 0.416 e. The Morgan fingerprint density at radius 1 is 1.29 bits per heavy atom. The van der Waals surface area contributed by atoms with Crippen molar-refractivity contribution in [1.29, 1.82) is 0 Å². The van der Waals surface area contributed by atoms with Gasteiger partial charge >= 0.3 is 6.18 Å². The van der Waals surface area contributed by atoms with Crippen LogP contribution in [0.4, 0.5) is 18.9 Å². The molecule has 0 aliphatic heterocycles. The highest BCUT2D eigenvalue weighted by Gasteiger charge is 2.31. The molecule has 3 nitrogen and oxygen atoms in total. The highest BCUT2D eigenvalue weighted by atomic mass is 127. The molecular formula is C10H11F3INO2. The number of hydrogen-bond donors (Lipinski definition) is 3. The van der Waals surface area contributed by atoms with Crippen molar-refractivity contribution in [3.8, 4) is 0 Å². The fraction of sp³-hybridized carbons (Fsp3) is 0.400. The number of aliphatic hydroxyl groups excluding tert-OH is 2. The van der Waals surface area contributed by atoms with Crippen LogP contribution < -0.4 is 5.32 Å². The van der Waals surface area contributed by atoms with E-state index in [0.29, 0.717) is 3.57 Å². The summed E-state index contributed by atoms with van der Waals surface area (Å²) in [5, 5.41) is 20.3. The zero-order chi connectivity index (χ0) is 13.1. The summed E-state index contributed by atoms with van der Waals surface area (Å²) in [6, 6.07) is 3.53. The highest BCUT2D eigenvalue weighted by molar-refractivity contribution is 14.1. The van der Waals surface area contributed by atoms with E-state index in [-0.39, 0.29) is 12.2 Å². The summed E-state index contributed by atoms with van der Waals surface area (Å²) in [7, 11) is 0. The topological polar surface area (TPSA) is 52.5 Å². The zero-order valence-corrected chi connectivity index (χ0v) is 10.8. The van der Waals surface area contributed by atoms with Crippen LogP contribution in [0.5, 0.6) is 0 Å². The molecule has 1 unspecified atom stereocenters. The lowest BCUT2D eigenvalue weighted by molar-refractivity contribution is -0.137. The van der Waals surface area contributed by atoms with Crippen LogP contribution in [-0.4, -0.2) is 29.5 Å². The van der Waals surface area contributed by atoms with Crippen LogP contribution in [0.25, 0.3) is 0 Å². The van der Waals surface area contributed by atoms with E-state index in [0.717, 1.165) is 12.1 Å². The van der Waals surface area contributed by atoms with Crippen molar-refractivity contribution in [2.75, 3.05) is 18.5 Å². The van der Waals surface area contributed by atoms with Crippen LogP contribution in [-0.2, 0) is 6.18 Å². The standard InChI is InChI=1S/C10H11F3INO2/c11-10(12,13)6-1-7(14)3-8(2-6)15-4-9(17)5-16/h1-3,9,15-17H,4-5H2. The van der Waals surface area contributed by atoms with Crippen molar-refractivity contribution in [1.82, 2.24) is 0 Å².